The summed E-state index contributed by atoms with van der Waals surface area (Å²) in [6.07, 6.45) is 24.8. The summed E-state index contributed by atoms with van der Waals surface area (Å²) < 4.78 is 79.5. The first-order chi connectivity index (χ1) is 28.8. The Hall–Kier alpha value is -2.84. The molecule has 0 heterocycles. The summed E-state index contributed by atoms with van der Waals surface area (Å²) in [6, 6.07) is 22.0. The zero-order chi connectivity index (χ0) is 43.6. The van der Waals surface area contributed by atoms with E-state index in [0.717, 1.165) is 44.6 Å². The van der Waals surface area contributed by atoms with Crippen molar-refractivity contribution in [3.05, 3.63) is 96.1 Å². The summed E-state index contributed by atoms with van der Waals surface area (Å²) in [5.41, 5.74) is 0.854. The fourth-order valence-corrected chi connectivity index (χ4v) is 8.24. The van der Waals surface area contributed by atoms with E-state index in [-0.39, 0.29) is 65.6 Å². The molecule has 332 valence electrons. The van der Waals surface area contributed by atoms with Gasteiger partial charge in [-0.05, 0) is 73.7 Å². The molecule has 0 aromatic heterocycles. The van der Waals surface area contributed by atoms with Crippen molar-refractivity contribution in [1.29, 1.82) is 0 Å². The van der Waals surface area contributed by atoms with Crippen LogP contribution in [0.15, 0.2) is 94.7 Å². The maximum Gasteiger partial charge on any atom is 2.00 e. The molecule has 0 unspecified atom stereocenters. The van der Waals surface area contributed by atoms with Gasteiger partial charge < -0.3 is 24.2 Å². The molecule has 61 heavy (non-hydrogen) atoms. The van der Waals surface area contributed by atoms with Gasteiger partial charge in [-0.2, -0.15) is 8.42 Å². The third kappa shape index (κ3) is 21.9. The molecule has 2 N–H and O–H groups in total. The van der Waals surface area contributed by atoms with Crippen molar-refractivity contribution in [2.75, 3.05) is 0 Å². The minimum atomic E-state index is -4.76. The number of phenols is 1. The van der Waals surface area contributed by atoms with Crippen LogP contribution in [0.3, 0.4) is 0 Å². The quantitative estimate of drug-likeness (QED) is 0.0317. The zero-order valence-corrected chi connectivity index (χ0v) is 40.2. The summed E-state index contributed by atoms with van der Waals surface area (Å²) in [6.45, 7) is 4.44. The van der Waals surface area contributed by atoms with Crippen LogP contribution in [-0.2, 0) is 33.1 Å². The molecule has 0 amide bonds. The molecule has 0 spiro atoms. The second-order valence-electron chi connectivity index (χ2n) is 15.5. The Balaban J connectivity index is 0.000000413. The summed E-state index contributed by atoms with van der Waals surface area (Å²) in [4.78, 5) is -0.806. The van der Waals surface area contributed by atoms with Gasteiger partial charge in [0.05, 0.1) is 4.90 Å². The fourth-order valence-electron chi connectivity index (χ4n) is 6.96. The number of hydrogen-bond donors (Lipinski definition) is 2. The first-order valence-corrected chi connectivity index (χ1v) is 24.8. The molecule has 0 saturated carbocycles. The van der Waals surface area contributed by atoms with Crippen molar-refractivity contribution in [1.82, 2.24) is 0 Å². The van der Waals surface area contributed by atoms with E-state index in [4.69, 9.17) is 9.47 Å². The van der Waals surface area contributed by atoms with Crippen molar-refractivity contribution < 1.29 is 45.6 Å². The first-order valence-electron chi connectivity index (χ1n) is 21.9. The molecule has 0 aliphatic carbocycles. The fraction of sp³-hybridized carbons (Fsp3) is 0.500. The molecule has 0 atom stereocenters. The Morgan fingerprint density at radius 1 is 0.508 bits per heavy atom. The molecule has 0 aliphatic heterocycles. The molecular weight excluding hydrogens is 841 g/mol. The molecule has 0 fully saturated rings. The molecule has 4 aromatic rings. The van der Waals surface area contributed by atoms with Crippen LogP contribution in [0, 0.1) is 0 Å². The number of hydrogen-bond acceptors (Lipinski definition) is 9. The van der Waals surface area contributed by atoms with E-state index in [1.165, 1.54) is 108 Å². The topological polar surface area (TPSA) is 173 Å². The Kier molecular flexibility index (Phi) is 27.0. The normalized spacial score (nSPS) is 11.3. The van der Waals surface area contributed by atoms with E-state index < -0.39 is 25.1 Å². The predicted octanol–water partition coefficient (Wildman–Crippen LogP) is 12.4. The van der Waals surface area contributed by atoms with Crippen LogP contribution >= 0.6 is 0 Å². The van der Waals surface area contributed by atoms with Crippen LogP contribution in [0.4, 0.5) is 0 Å². The number of aryl methyl sites for hydroxylation is 2. The molecule has 10 nitrogen and oxygen atoms in total. The number of ether oxygens (including phenoxy) is 2. The first kappa shape index (κ1) is 54.3. The number of aromatic hydroxyl groups is 1. The molecule has 0 bridgehead atoms. The Labute approximate surface area is 396 Å². The minimum Gasteiger partial charge on any atom is -0.872 e. The molecule has 0 saturated heterocycles. The van der Waals surface area contributed by atoms with Crippen LogP contribution in [0.5, 0.6) is 34.5 Å². The standard InChI is InChI=1S/2C24H34O5S.Ca/c2*1-2-3-4-5-6-7-8-9-10-12-15-20-18-24(30(26,27)28)23(19-22(20)25)29-21-16-13-11-14-17-21;/h2*11,13-14,16-19,25H,2-10,12,15H2,1H3,(H,26,27,28);/q;;+2/p-2. The van der Waals surface area contributed by atoms with E-state index >= 15 is 0 Å². The summed E-state index contributed by atoms with van der Waals surface area (Å²) in [7, 11) is -9.24. The second-order valence-corrected chi connectivity index (χ2v) is 18.2. The van der Waals surface area contributed by atoms with E-state index in [9.17, 15) is 36.2 Å². The van der Waals surface area contributed by atoms with E-state index in [1.54, 1.807) is 54.6 Å². The van der Waals surface area contributed by atoms with Crippen LogP contribution in [0.1, 0.15) is 153 Å². The van der Waals surface area contributed by atoms with E-state index in [1.807, 2.05) is 6.07 Å². The summed E-state index contributed by atoms with van der Waals surface area (Å²) >= 11 is 0. The smallest absolute Gasteiger partial charge is 0.872 e. The van der Waals surface area contributed by atoms with Crippen LogP contribution in [0.25, 0.3) is 0 Å². The Morgan fingerprint density at radius 3 is 1.26 bits per heavy atom. The van der Waals surface area contributed by atoms with Gasteiger partial charge in [0, 0.05) is 6.07 Å². The van der Waals surface area contributed by atoms with Crippen LogP contribution in [0.2, 0.25) is 0 Å². The summed E-state index contributed by atoms with van der Waals surface area (Å²) in [5.74, 6) is 0.156. The Bertz CT molecular complexity index is 1880. The van der Waals surface area contributed by atoms with Crippen molar-refractivity contribution in [2.45, 2.75) is 165 Å². The monoisotopic (exact) mass is 906 g/mol. The Morgan fingerprint density at radius 2 is 0.869 bits per heavy atom. The van der Waals surface area contributed by atoms with Crippen molar-refractivity contribution in [2.24, 2.45) is 0 Å². The molecule has 0 radical (unpaired) electrons. The van der Waals surface area contributed by atoms with Gasteiger partial charge in [0.2, 0.25) is 0 Å². The number of unbranched alkanes of at least 4 members (excludes halogenated alkanes) is 18. The second kappa shape index (κ2) is 30.3. The van der Waals surface area contributed by atoms with Gasteiger partial charge in [0.1, 0.15) is 38.0 Å². The zero-order valence-electron chi connectivity index (χ0n) is 36.3. The molecular formula is C48H66CaO10S2. The van der Waals surface area contributed by atoms with Gasteiger partial charge in [0.25, 0.3) is 10.1 Å². The number of rotatable bonds is 28. The minimum absolute atomic E-state index is 0. The van der Waals surface area contributed by atoms with Gasteiger partial charge in [0.15, 0.2) is 5.75 Å². The third-order valence-electron chi connectivity index (χ3n) is 10.4. The average molecular weight is 907 g/mol. The van der Waals surface area contributed by atoms with Crippen molar-refractivity contribution in [3.63, 3.8) is 0 Å². The summed E-state index contributed by atoms with van der Waals surface area (Å²) in [5, 5.41) is 22.8. The van der Waals surface area contributed by atoms with Gasteiger partial charge in [-0.15, -0.1) is 5.75 Å². The maximum absolute atomic E-state index is 12.4. The van der Waals surface area contributed by atoms with Gasteiger partial charge in [-0.3, -0.25) is 4.55 Å². The number of para-hydroxylation sites is 2. The SMILES string of the molecule is CCCCCCCCCCCCc1cc(S(=O)(=O)O)c(Oc2ccccc2)cc1O.CCCCCCCCCCCCc1cc(S(=O)(=O)[O-])c(Oc2ccccc2)cc1[O-].[Ca+2]. The molecule has 13 heteroatoms. The number of benzene rings is 4. The van der Waals surface area contributed by atoms with E-state index in [0.29, 0.717) is 35.5 Å². The number of phenolic OH excluding ortho intramolecular Hbond substituents is 1. The van der Waals surface area contributed by atoms with Crippen molar-refractivity contribution in [3.8, 4) is 34.5 Å². The largest absolute Gasteiger partial charge is 2.00 e. The molecule has 0 aliphatic rings. The van der Waals surface area contributed by atoms with Gasteiger partial charge in [-0.25, -0.2) is 8.42 Å². The van der Waals surface area contributed by atoms with Crippen molar-refractivity contribution >= 4 is 58.0 Å². The molecule has 4 rings (SSSR count). The van der Waals surface area contributed by atoms with E-state index in [2.05, 4.69) is 13.8 Å². The maximum atomic E-state index is 12.4. The van der Waals surface area contributed by atoms with Gasteiger partial charge in [-0.1, -0.05) is 171 Å². The third-order valence-corrected chi connectivity index (χ3v) is 12.1. The predicted molar refractivity (Wildman–Crippen MR) is 242 cm³/mol. The molecule has 4 aromatic carbocycles. The van der Waals surface area contributed by atoms with Gasteiger partial charge >= 0.3 is 37.7 Å². The van der Waals surface area contributed by atoms with Crippen LogP contribution in [-0.4, -0.2) is 68.8 Å². The van der Waals surface area contributed by atoms with Crippen LogP contribution < -0.4 is 14.6 Å². The average Bonchev–Trinajstić information content (AvgIpc) is 3.21.